The molecule has 0 aliphatic rings. The molecule has 0 unspecified atom stereocenters. The molecule has 0 spiro atoms. The minimum atomic E-state index is -4.70. The summed E-state index contributed by atoms with van der Waals surface area (Å²) < 4.78 is 55.2. The number of nitrogens with zero attached hydrogens (tertiary/aromatic N) is 5. The first kappa shape index (κ1) is 16.8. The van der Waals surface area contributed by atoms with Crippen LogP contribution in [-0.2, 0) is 19.1 Å². The Labute approximate surface area is 148 Å². The molecule has 0 bridgehead atoms. The second-order valence-corrected chi connectivity index (χ2v) is 6.03. The maximum absolute atomic E-state index is 14.2. The molecule has 134 valence electrons. The molecule has 1 aromatic carbocycles. The van der Waals surface area contributed by atoms with Crippen molar-refractivity contribution in [3.63, 3.8) is 0 Å². The van der Waals surface area contributed by atoms with Crippen molar-refractivity contribution in [3.05, 3.63) is 58.9 Å². The van der Waals surface area contributed by atoms with Crippen molar-refractivity contribution in [1.82, 2.24) is 24.4 Å². The highest BCUT2D eigenvalue weighted by molar-refractivity contribution is 6.35. The summed E-state index contributed by atoms with van der Waals surface area (Å²) in [7, 11) is 0. The molecule has 3 aromatic heterocycles. The zero-order valence-corrected chi connectivity index (χ0v) is 13.8. The third-order valence-corrected chi connectivity index (χ3v) is 4.27. The summed E-state index contributed by atoms with van der Waals surface area (Å²) in [6.45, 7) is 0.213. The summed E-state index contributed by atoms with van der Waals surface area (Å²) in [6.07, 6.45) is -3.02. The van der Waals surface area contributed by atoms with Gasteiger partial charge in [-0.3, -0.25) is 4.68 Å². The van der Waals surface area contributed by atoms with Crippen molar-refractivity contribution in [1.29, 1.82) is 0 Å². The monoisotopic (exact) mass is 383 g/mol. The van der Waals surface area contributed by atoms with E-state index in [-0.39, 0.29) is 24.3 Å². The zero-order valence-electron chi connectivity index (χ0n) is 13.0. The number of rotatable bonds is 3. The maximum Gasteiger partial charge on any atom is 0.453 e. The molecule has 4 aromatic rings. The molecule has 0 atom stereocenters. The predicted molar refractivity (Wildman–Crippen MR) is 86.4 cm³/mol. The number of fused-ring (bicyclic) bond motifs is 2. The zero-order chi connectivity index (χ0) is 18.5. The van der Waals surface area contributed by atoms with Gasteiger partial charge in [-0.05, 0) is 18.2 Å². The SMILES string of the molecule is Fc1ccc2nc(C(F)(F)F)nn2c1CCn1ncc2cccc(Cl)c21. The van der Waals surface area contributed by atoms with E-state index >= 15 is 0 Å². The third-order valence-electron chi connectivity index (χ3n) is 3.97. The fourth-order valence-corrected chi connectivity index (χ4v) is 3.08. The van der Waals surface area contributed by atoms with Crippen LogP contribution in [0.5, 0.6) is 0 Å². The lowest BCUT2D eigenvalue weighted by Crippen LogP contribution is -2.11. The number of alkyl halides is 3. The molecule has 0 aliphatic carbocycles. The van der Waals surface area contributed by atoms with Crippen LogP contribution in [0.2, 0.25) is 5.02 Å². The Bertz CT molecular complexity index is 1120. The van der Waals surface area contributed by atoms with Crippen LogP contribution in [0.25, 0.3) is 16.6 Å². The van der Waals surface area contributed by atoms with E-state index in [1.54, 1.807) is 23.0 Å². The lowest BCUT2D eigenvalue weighted by molar-refractivity contribution is -0.144. The first-order valence-corrected chi connectivity index (χ1v) is 7.94. The summed E-state index contributed by atoms with van der Waals surface area (Å²) in [6, 6.07) is 7.55. The molecule has 10 heteroatoms. The lowest BCUT2D eigenvalue weighted by atomic mass is 10.2. The molecule has 0 saturated heterocycles. The van der Waals surface area contributed by atoms with Crippen molar-refractivity contribution < 1.29 is 17.6 Å². The molecular weight excluding hydrogens is 374 g/mol. The Morgan fingerprint density at radius 2 is 1.92 bits per heavy atom. The van der Waals surface area contributed by atoms with E-state index < -0.39 is 17.8 Å². The van der Waals surface area contributed by atoms with Crippen LogP contribution in [0, 0.1) is 5.82 Å². The van der Waals surface area contributed by atoms with Crippen molar-refractivity contribution in [2.45, 2.75) is 19.1 Å². The highest BCUT2D eigenvalue weighted by Crippen LogP contribution is 2.27. The van der Waals surface area contributed by atoms with Gasteiger partial charge < -0.3 is 0 Å². The largest absolute Gasteiger partial charge is 0.453 e. The van der Waals surface area contributed by atoms with E-state index in [2.05, 4.69) is 15.2 Å². The van der Waals surface area contributed by atoms with Crippen LogP contribution in [-0.4, -0.2) is 24.4 Å². The van der Waals surface area contributed by atoms with Gasteiger partial charge in [0, 0.05) is 18.4 Å². The van der Waals surface area contributed by atoms with Gasteiger partial charge in [-0.1, -0.05) is 23.7 Å². The van der Waals surface area contributed by atoms with Crippen LogP contribution in [0.1, 0.15) is 11.5 Å². The summed E-state index contributed by atoms with van der Waals surface area (Å²) >= 11 is 6.18. The number of halogens is 5. The average Bonchev–Trinajstić information content (AvgIpc) is 3.18. The summed E-state index contributed by atoms with van der Waals surface area (Å²) in [4.78, 5) is 3.41. The van der Waals surface area contributed by atoms with E-state index in [1.807, 2.05) is 6.07 Å². The normalized spacial score (nSPS) is 12.3. The standard InChI is InChI=1S/C16H10ClF4N5/c17-10-3-1-2-9-8-22-25(14(9)10)7-6-12-11(18)4-5-13-23-15(16(19,20)21)24-26(12)13/h1-5,8H,6-7H2. The first-order valence-electron chi connectivity index (χ1n) is 7.56. The fourth-order valence-electron chi connectivity index (χ4n) is 2.80. The molecule has 0 saturated carbocycles. The number of pyridine rings is 1. The quantitative estimate of drug-likeness (QED) is 0.500. The van der Waals surface area contributed by atoms with Gasteiger partial charge in [-0.15, -0.1) is 5.10 Å². The van der Waals surface area contributed by atoms with Crippen LogP contribution in [0.4, 0.5) is 17.6 Å². The molecule has 0 aliphatic heterocycles. The molecular formula is C16H10ClF4N5. The van der Waals surface area contributed by atoms with Gasteiger partial charge >= 0.3 is 6.18 Å². The molecule has 3 heterocycles. The van der Waals surface area contributed by atoms with Crippen molar-refractivity contribution in [2.24, 2.45) is 0 Å². The molecule has 0 fully saturated rings. The van der Waals surface area contributed by atoms with Crippen LogP contribution in [0.3, 0.4) is 0 Å². The van der Waals surface area contributed by atoms with Gasteiger partial charge in [0.15, 0.2) is 5.65 Å². The van der Waals surface area contributed by atoms with E-state index in [4.69, 9.17) is 11.6 Å². The topological polar surface area (TPSA) is 48.0 Å². The number of benzene rings is 1. The number of hydrogen-bond acceptors (Lipinski definition) is 3. The van der Waals surface area contributed by atoms with Gasteiger partial charge in [-0.2, -0.15) is 18.3 Å². The molecule has 5 nitrogen and oxygen atoms in total. The van der Waals surface area contributed by atoms with Crippen LogP contribution >= 0.6 is 11.6 Å². The second kappa shape index (κ2) is 5.94. The molecule has 0 N–H and O–H groups in total. The van der Waals surface area contributed by atoms with E-state index in [0.29, 0.717) is 10.5 Å². The highest BCUT2D eigenvalue weighted by Gasteiger charge is 2.36. The fraction of sp³-hybridized carbons (Fsp3) is 0.188. The highest BCUT2D eigenvalue weighted by atomic mass is 35.5. The summed E-state index contributed by atoms with van der Waals surface area (Å²) in [5.41, 5.74) is 0.592. The minimum Gasteiger partial charge on any atom is -0.263 e. The molecule has 26 heavy (non-hydrogen) atoms. The number of para-hydroxylation sites is 1. The van der Waals surface area contributed by atoms with Gasteiger partial charge in [0.05, 0.1) is 22.4 Å². The Balaban J connectivity index is 1.72. The first-order chi connectivity index (χ1) is 12.3. The Morgan fingerprint density at radius 1 is 1.12 bits per heavy atom. The van der Waals surface area contributed by atoms with Gasteiger partial charge in [-0.25, -0.2) is 13.9 Å². The summed E-state index contributed by atoms with van der Waals surface area (Å²) in [5, 5.41) is 8.92. The maximum atomic E-state index is 14.2. The van der Waals surface area contributed by atoms with Crippen molar-refractivity contribution >= 4 is 28.2 Å². The molecule has 0 radical (unpaired) electrons. The number of hydrogen-bond donors (Lipinski definition) is 0. The lowest BCUT2D eigenvalue weighted by Gasteiger charge is -2.08. The average molecular weight is 384 g/mol. The van der Waals surface area contributed by atoms with Crippen LogP contribution < -0.4 is 0 Å². The Morgan fingerprint density at radius 3 is 2.69 bits per heavy atom. The van der Waals surface area contributed by atoms with Crippen molar-refractivity contribution in [2.75, 3.05) is 0 Å². The number of aromatic nitrogens is 5. The van der Waals surface area contributed by atoms with Crippen molar-refractivity contribution in [3.8, 4) is 0 Å². The van der Waals surface area contributed by atoms with Gasteiger partial charge in [0.2, 0.25) is 0 Å². The second-order valence-electron chi connectivity index (χ2n) is 5.63. The predicted octanol–water partition coefficient (Wildman–Crippen LogP) is 4.13. The third kappa shape index (κ3) is 2.78. The van der Waals surface area contributed by atoms with E-state index in [0.717, 1.165) is 22.0 Å². The smallest absolute Gasteiger partial charge is 0.263 e. The molecule has 0 amide bonds. The minimum absolute atomic E-state index is 0.0128. The van der Waals surface area contributed by atoms with Gasteiger partial charge in [0.25, 0.3) is 5.82 Å². The Kier molecular flexibility index (Phi) is 3.83. The van der Waals surface area contributed by atoms with Crippen LogP contribution in [0.15, 0.2) is 36.5 Å². The molecule has 4 rings (SSSR count). The van der Waals surface area contributed by atoms with E-state index in [1.165, 1.54) is 0 Å². The summed E-state index contributed by atoms with van der Waals surface area (Å²) in [5.74, 6) is -1.98. The van der Waals surface area contributed by atoms with Gasteiger partial charge in [0.1, 0.15) is 5.82 Å². The van der Waals surface area contributed by atoms with E-state index in [9.17, 15) is 17.6 Å². The number of aryl methyl sites for hydroxylation is 2. The Hall–Kier alpha value is -2.68.